The molecule has 2 N–H and O–H groups in total. The molecule has 166 valence electrons. The van der Waals surface area contributed by atoms with Crippen LogP contribution in [0.4, 0.5) is 0 Å². The highest BCUT2D eigenvalue weighted by Crippen LogP contribution is 2.47. The van der Waals surface area contributed by atoms with Crippen LogP contribution >= 0.6 is 0 Å². The number of aromatic hydroxyl groups is 2. The van der Waals surface area contributed by atoms with Gasteiger partial charge in [-0.05, 0) is 119 Å². The number of likely N-dealkylation sites (tertiary alicyclic amines) is 1. The minimum absolute atomic E-state index is 0.259. The molecule has 1 aliphatic carbocycles. The Morgan fingerprint density at radius 1 is 0.818 bits per heavy atom. The Hall–Kier alpha value is -3.50. The summed E-state index contributed by atoms with van der Waals surface area (Å²) in [6, 6.07) is 21.7. The number of phenolic OH excluding ortho intramolecular Hbond substituents is 2. The summed E-state index contributed by atoms with van der Waals surface area (Å²) in [5.74, 6) is 1.42. The number of benzene rings is 4. The molecule has 4 aromatic carbocycles. The van der Waals surface area contributed by atoms with Crippen molar-refractivity contribution in [3.63, 3.8) is 0 Å². The van der Waals surface area contributed by atoms with Crippen LogP contribution in [0.2, 0.25) is 0 Å². The lowest BCUT2D eigenvalue weighted by molar-refractivity contribution is 0.238. The van der Waals surface area contributed by atoms with E-state index in [2.05, 4.69) is 23.1 Å². The second kappa shape index (κ2) is 8.13. The van der Waals surface area contributed by atoms with Gasteiger partial charge in [0.25, 0.3) is 0 Å². The van der Waals surface area contributed by atoms with Gasteiger partial charge in [0, 0.05) is 6.54 Å². The fourth-order valence-electron chi connectivity index (χ4n) is 5.40. The van der Waals surface area contributed by atoms with Crippen LogP contribution in [0.25, 0.3) is 33.0 Å². The maximum absolute atomic E-state index is 10.3. The van der Waals surface area contributed by atoms with Crippen molar-refractivity contribution in [2.45, 2.75) is 19.3 Å². The summed E-state index contributed by atoms with van der Waals surface area (Å²) in [6.45, 7) is 3.99. The van der Waals surface area contributed by atoms with Crippen molar-refractivity contribution in [2.75, 3.05) is 26.2 Å². The average Bonchev–Trinajstić information content (AvgIpc) is 3.45. The third kappa shape index (κ3) is 3.70. The van der Waals surface area contributed by atoms with Crippen LogP contribution in [0.1, 0.15) is 24.0 Å². The van der Waals surface area contributed by atoms with E-state index < -0.39 is 0 Å². The normalized spacial score (nSPS) is 15.0. The molecule has 4 aromatic rings. The van der Waals surface area contributed by atoms with Gasteiger partial charge in [0.05, 0.1) is 0 Å². The Morgan fingerprint density at radius 3 is 2.52 bits per heavy atom. The number of hydrogen-bond acceptors (Lipinski definition) is 4. The van der Waals surface area contributed by atoms with E-state index in [0.717, 1.165) is 51.7 Å². The Morgan fingerprint density at radius 2 is 1.64 bits per heavy atom. The smallest absolute Gasteiger partial charge is 0.119 e. The third-order valence-electron chi connectivity index (χ3n) is 6.98. The molecule has 0 radical (unpaired) electrons. The van der Waals surface area contributed by atoms with Gasteiger partial charge in [0.1, 0.15) is 23.9 Å². The summed E-state index contributed by atoms with van der Waals surface area (Å²) < 4.78 is 6.14. The van der Waals surface area contributed by atoms with Crippen LogP contribution in [-0.2, 0) is 6.42 Å². The van der Waals surface area contributed by atoms with E-state index in [1.165, 1.54) is 37.1 Å². The van der Waals surface area contributed by atoms with E-state index in [4.69, 9.17) is 4.74 Å². The topological polar surface area (TPSA) is 52.9 Å². The van der Waals surface area contributed by atoms with Gasteiger partial charge in [0.2, 0.25) is 0 Å². The van der Waals surface area contributed by atoms with E-state index >= 15 is 0 Å². The Bertz CT molecular complexity index is 1350. The van der Waals surface area contributed by atoms with Crippen LogP contribution < -0.4 is 4.74 Å². The summed E-state index contributed by atoms with van der Waals surface area (Å²) in [6.07, 6.45) is 3.32. The molecular formula is C29H27NO3. The molecule has 6 rings (SSSR count). The third-order valence-corrected chi connectivity index (χ3v) is 6.98. The molecule has 4 heteroatoms. The summed E-state index contributed by atoms with van der Waals surface area (Å²) in [5, 5.41) is 22.4. The zero-order valence-corrected chi connectivity index (χ0v) is 18.6. The van der Waals surface area contributed by atoms with Gasteiger partial charge in [-0.15, -0.1) is 0 Å². The lowest BCUT2D eigenvalue weighted by Crippen LogP contribution is -2.25. The first-order valence-corrected chi connectivity index (χ1v) is 11.7. The van der Waals surface area contributed by atoms with Crippen molar-refractivity contribution in [3.8, 4) is 39.5 Å². The number of hydrogen-bond donors (Lipinski definition) is 2. The van der Waals surface area contributed by atoms with Crippen molar-refractivity contribution in [2.24, 2.45) is 0 Å². The summed E-state index contributed by atoms with van der Waals surface area (Å²) in [4.78, 5) is 2.46. The molecule has 33 heavy (non-hydrogen) atoms. The van der Waals surface area contributed by atoms with Crippen LogP contribution in [0.3, 0.4) is 0 Å². The molecule has 0 atom stereocenters. The number of ether oxygens (including phenoxy) is 1. The van der Waals surface area contributed by atoms with E-state index in [9.17, 15) is 10.2 Å². The van der Waals surface area contributed by atoms with Crippen LogP contribution in [0, 0.1) is 0 Å². The molecule has 1 aliphatic heterocycles. The van der Waals surface area contributed by atoms with E-state index in [1.807, 2.05) is 36.4 Å². The van der Waals surface area contributed by atoms with E-state index in [0.29, 0.717) is 12.4 Å². The van der Waals surface area contributed by atoms with Crippen molar-refractivity contribution in [1.82, 2.24) is 4.90 Å². The predicted octanol–water partition coefficient (Wildman–Crippen LogP) is 5.96. The van der Waals surface area contributed by atoms with Gasteiger partial charge in [-0.25, -0.2) is 0 Å². The first kappa shape index (κ1) is 20.1. The highest BCUT2D eigenvalue weighted by atomic mass is 16.5. The highest BCUT2D eigenvalue weighted by molar-refractivity contribution is 6.05. The maximum atomic E-state index is 10.3. The molecule has 0 spiro atoms. The predicted molar refractivity (Wildman–Crippen MR) is 132 cm³/mol. The molecule has 0 aromatic heterocycles. The lowest BCUT2D eigenvalue weighted by Gasteiger charge is -2.17. The minimum atomic E-state index is 0.259. The zero-order valence-electron chi connectivity index (χ0n) is 18.6. The summed E-state index contributed by atoms with van der Waals surface area (Å²) in [5.41, 5.74) is 6.92. The molecule has 4 nitrogen and oxygen atoms in total. The van der Waals surface area contributed by atoms with Crippen molar-refractivity contribution >= 4 is 10.8 Å². The molecule has 0 unspecified atom stereocenters. The van der Waals surface area contributed by atoms with Crippen molar-refractivity contribution in [1.29, 1.82) is 0 Å². The number of fused-ring (bicyclic) bond motifs is 4. The van der Waals surface area contributed by atoms with Crippen LogP contribution in [-0.4, -0.2) is 41.4 Å². The molecule has 0 bridgehead atoms. The molecule has 1 saturated heterocycles. The lowest BCUT2D eigenvalue weighted by atomic mass is 9.89. The van der Waals surface area contributed by atoms with Gasteiger partial charge in [0.15, 0.2) is 0 Å². The molecule has 1 fully saturated rings. The second-order valence-electron chi connectivity index (χ2n) is 9.13. The maximum Gasteiger partial charge on any atom is 0.119 e. The van der Waals surface area contributed by atoms with Crippen LogP contribution in [0.15, 0.2) is 66.7 Å². The summed E-state index contributed by atoms with van der Waals surface area (Å²) >= 11 is 0. The SMILES string of the molecule is Oc1ccc2c(c1)Cc1c-2cc2ccc(O)cc2c1-c1cccc(OCCN2CCCC2)c1. The zero-order chi connectivity index (χ0) is 22.4. The fraction of sp³-hybridized carbons (Fsp3) is 0.241. The minimum Gasteiger partial charge on any atom is -0.508 e. The van der Waals surface area contributed by atoms with Gasteiger partial charge in [-0.2, -0.15) is 0 Å². The van der Waals surface area contributed by atoms with Crippen molar-refractivity contribution in [3.05, 3.63) is 77.9 Å². The number of nitrogens with zero attached hydrogens (tertiary/aromatic N) is 1. The van der Waals surface area contributed by atoms with E-state index in [1.54, 1.807) is 12.1 Å². The number of rotatable bonds is 5. The number of phenols is 2. The fourth-order valence-corrected chi connectivity index (χ4v) is 5.40. The Kier molecular flexibility index (Phi) is 4.96. The van der Waals surface area contributed by atoms with Gasteiger partial charge in [-0.1, -0.05) is 24.3 Å². The van der Waals surface area contributed by atoms with Gasteiger partial charge >= 0.3 is 0 Å². The molecule has 0 saturated carbocycles. The first-order chi connectivity index (χ1) is 16.2. The molecule has 0 amide bonds. The molecule has 1 heterocycles. The molecular weight excluding hydrogens is 410 g/mol. The highest BCUT2D eigenvalue weighted by Gasteiger charge is 2.25. The summed E-state index contributed by atoms with van der Waals surface area (Å²) in [7, 11) is 0. The molecule has 2 aliphatic rings. The Labute approximate surface area is 193 Å². The quantitative estimate of drug-likeness (QED) is 0.356. The van der Waals surface area contributed by atoms with Gasteiger partial charge < -0.3 is 14.9 Å². The average molecular weight is 438 g/mol. The van der Waals surface area contributed by atoms with Gasteiger partial charge in [-0.3, -0.25) is 4.90 Å². The second-order valence-corrected chi connectivity index (χ2v) is 9.13. The Balaban J connectivity index is 1.42. The van der Waals surface area contributed by atoms with Crippen molar-refractivity contribution < 1.29 is 14.9 Å². The standard InChI is InChI=1S/C29H27NO3/c31-22-8-9-25-21(14-22)17-28-27(25)16-19-6-7-23(32)18-26(19)29(28)20-4-3-5-24(15-20)33-13-12-30-10-1-2-11-30/h3-9,14-16,18,31-32H,1-2,10-13,17H2. The monoisotopic (exact) mass is 437 g/mol. The van der Waals surface area contributed by atoms with Crippen LogP contribution in [0.5, 0.6) is 17.2 Å². The largest absolute Gasteiger partial charge is 0.508 e. The first-order valence-electron chi connectivity index (χ1n) is 11.7. The van der Waals surface area contributed by atoms with E-state index in [-0.39, 0.29) is 5.75 Å².